The smallest absolute Gasteiger partial charge is 0.338 e. The summed E-state index contributed by atoms with van der Waals surface area (Å²) < 4.78 is 0. The van der Waals surface area contributed by atoms with E-state index in [0.29, 0.717) is 12.8 Å². The summed E-state index contributed by atoms with van der Waals surface area (Å²) in [5.74, 6) is -1.68. The molecule has 2 amide bonds. The maximum absolute atomic E-state index is 12.6. The maximum Gasteiger partial charge on any atom is 0.338 e. The third kappa shape index (κ3) is 2.04. The number of hydrogen-bond donors (Lipinski definition) is 1. The molecule has 1 aliphatic heterocycles. The van der Waals surface area contributed by atoms with Crippen LogP contribution in [0.15, 0.2) is 6.07 Å². The largest absolute Gasteiger partial charge is 0.478 e. The fourth-order valence-corrected chi connectivity index (χ4v) is 3.64. The molecule has 2 rings (SSSR count). The first-order chi connectivity index (χ1) is 9.36. The Bertz CT molecular complexity index is 586. The highest BCUT2D eigenvalue weighted by molar-refractivity contribution is 7.17. The lowest BCUT2D eigenvalue weighted by Gasteiger charge is -2.23. The number of carboxylic acids is 1. The summed E-state index contributed by atoms with van der Waals surface area (Å²) in [6, 6.07) is 1.50. The van der Waals surface area contributed by atoms with Crippen molar-refractivity contribution >= 4 is 34.1 Å². The van der Waals surface area contributed by atoms with Gasteiger partial charge in [-0.15, -0.1) is 11.3 Å². The Morgan fingerprint density at radius 2 is 2.00 bits per heavy atom. The van der Waals surface area contributed by atoms with Gasteiger partial charge in [0.2, 0.25) is 11.8 Å². The van der Waals surface area contributed by atoms with Gasteiger partial charge < -0.3 is 5.11 Å². The summed E-state index contributed by atoms with van der Waals surface area (Å²) >= 11 is 1.17. The average Bonchev–Trinajstić information content (AvgIpc) is 2.88. The van der Waals surface area contributed by atoms with Crippen LogP contribution in [-0.2, 0) is 9.59 Å². The second-order valence-corrected chi connectivity index (χ2v) is 6.31. The number of aromatic carboxylic acids is 1. The molecule has 20 heavy (non-hydrogen) atoms. The molecule has 1 aromatic rings. The van der Waals surface area contributed by atoms with Crippen LogP contribution in [0.2, 0.25) is 0 Å². The highest BCUT2D eigenvalue weighted by Gasteiger charge is 2.50. The minimum Gasteiger partial charge on any atom is -0.478 e. The minimum absolute atomic E-state index is 0.0252. The van der Waals surface area contributed by atoms with E-state index in [1.807, 2.05) is 13.8 Å². The molecule has 1 N–H and O–H groups in total. The van der Waals surface area contributed by atoms with Crippen molar-refractivity contribution in [1.82, 2.24) is 0 Å². The first-order valence-corrected chi connectivity index (χ1v) is 7.39. The van der Waals surface area contributed by atoms with E-state index in [2.05, 4.69) is 0 Å². The van der Waals surface area contributed by atoms with E-state index in [0.717, 1.165) is 9.78 Å². The van der Waals surface area contributed by atoms with E-state index in [9.17, 15) is 19.5 Å². The lowest BCUT2D eigenvalue weighted by molar-refractivity contribution is -0.126. The number of thiophene rings is 1. The van der Waals surface area contributed by atoms with E-state index in [-0.39, 0.29) is 28.8 Å². The predicted molar refractivity (Wildman–Crippen MR) is 76.1 cm³/mol. The number of hydrogen-bond acceptors (Lipinski definition) is 4. The molecule has 0 aromatic carbocycles. The quantitative estimate of drug-likeness (QED) is 0.867. The Balaban J connectivity index is 2.51. The molecule has 6 heteroatoms. The number of imide groups is 1. The van der Waals surface area contributed by atoms with Gasteiger partial charge in [0.05, 0.1) is 11.0 Å². The van der Waals surface area contributed by atoms with Gasteiger partial charge in [0.1, 0.15) is 5.00 Å². The third-order valence-corrected chi connectivity index (χ3v) is 5.05. The fourth-order valence-electron chi connectivity index (χ4n) is 2.62. The second-order valence-electron chi connectivity index (χ2n) is 5.08. The van der Waals surface area contributed by atoms with Crippen LogP contribution in [0, 0.1) is 12.3 Å². The highest BCUT2D eigenvalue weighted by Crippen LogP contribution is 2.44. The zero-order chi connectivity index (χ0) is 15.1. The van der Waals surface area contributed by atoms with Crippen LogP contribution in [0.25, 0.3) is 0 Å². The Kier molecular flexibility index (Phi) is 3.69. The number of aryl methyl sites for hydroxylation is 1. The molecule has 0 atom stereocenters. The molecule has 1 aliphatic rings. The predicted octanol–water partition coefficient (Wildman–Crippen LogP) is 2.82. The molecule has 0 unspecified atom stereocenters. The van der Waals surface area contributed by atoms with Crippen LogP contribution >= 0.6 is 11.3 Å². The number of carbonyl (C=O) groups excluding carboxylic acids is 2. The Morgan fingerprint density at radius 3 is 2.45 bits per heavy atom. The summed E-state index contributed by atoms with van der Waals surface area (Å²) in [6.07, 6.45) is 1.32. The lowest BCUT2D eigenvalue weighted by atomic mass is 9.81. The summed E-state index contributed by atoms with van der Waals surface area (Å²) in [5, 5.41) is 9.46. The number of amides is 2. The summed E-state index contributed by atoms with van der Waals surface area (Å²) in [7, 11) is 0. The van der Waals surface area contributed by atoms with Crippen LogP contribution < -0.4 is 4.90 Å². The summed E-state index contributed by atoms with van der Waals surface area (Å²) in [6.45, 7) is 5.53. The molecular weight excluding hydrogens is 278 g/mol. The van der Waals surface area contributed by atoms with Crippen molar-refractivity contribution in [3.05, 3.63) is 16.5 Å². The van der Waals surface area contributed by atoms with E-state index in [1.54, 1.807) is 6.92 Å². The minimum atomic E-state index is -1.12. The zero-order valence-corrected chi connectivity index (χ0v) is 12.5. The van der Waals surface area contributed by atoms with Crippen LogP contribution in [0.3, 0.4) is 0 Å². The molecule has 1 aromatic heterocycles. The van der Waals surface area contributed by atoms with Crippen LogP contribution in [0.4, 0.5) is 5.00 Å². The van der Waals surface area contributed by atoms with Crippen molar-refractivity contribution in [3.63, 3.8) is 0 Å². The standard InChI is InChI=1S/C14H17NO4S/c1-4-14(5-2)7-10(16)15(13(14)19)11-9(12(17)18)6-8(3)20-11/h6H,4-5,7H2,1-3H3,(H,17,18). The van der Waals surface area contributed by atoms with Gasteiger partial charge >= 0.3 is 5.97 Å². The van der Waals surface area contributed by atoms with Crippen molar-refractivity contribution < 1.29 is 19.5 Å². The molecule has 1 fully saturated rings. The van der Waals surface area contributed by atoms with Crippen molar-refractivity contribution in [1.29, 1.82) is 0 Å². The number of carboxylic acid groups (broad SMARTS) is 1. The highest BCUT2D eigenvalue weighted by atomic mass is 32.1. The molecule has 0 radical (unpaired) electrons. The number of carbonyl (C=O) groups is 3. The van der Waals surface area contributed by atoms with Gasteiger partial charge in [-0.2, -0.15) is 0 Å². The number of rotatable bonds is 4. The number of nitrogens with zero attached hydrogens (tertiary/aromatic N) is 1. The van der Waals surface area contributed by atoms with Crippen molar-refractivity contribution in [3.8, 4) is 0 Å². The van der Waals surface area contributed by atoms with Gasteiger partial charge in [0, 0.05) is 11.3 Å². The molecule has 0 spiro atoms. The molecule has 5 nitrogen and oxygen atoms in total. The normalized spacial score (nSPS) is 17.9. The molecule has 108 valence electrons. The molecule has 1 saturated heterocycles. The lowest BCUT2D eigenvalue weighted by Crippen LogP contribution is -2.35. The third-order valence-electron chi connectivity index (χ3n) is 4.02. The fraction of sp³-hybridized carbons (Fsp3) is 0.500. The first kappa shape index (κ1) is 14.7. The van der Waals surface area contributed by atoms with Gasteiger partial charge in [0.25, 0.3) is 0 Å². The van der Waals surface area contributed by atoms with E-state index < -0.39 is 11.4 Å². The van der Waals surface area contributed by atoms with Gasteiger partial charge in [0.15, 0.2) is 0 Å². The van der Waals surface area contributed by atoms with Crippen LogP contribution in [0.1, 0.15) is 48.3 Å². The first-order valence-electron chi connectivity index (χ1n) is 6.57. The molecule has 0 aliphatic carbocycles. The van der Waals surface area contributed by atoms with Crippen molar-refractivity contribution in [2.45, 2.75) is 40.0 Å². The van der Waals surface area contributed by atoms with Gasteiger partial charge in [-0.1, -0.05) is 13.8 Å². The SMILES string of the molecule is CCC1(CC)CC(=O)N(c2sc(C)cc2C(=O)O)C1=O. The number of anilines is 1. The molecule has 2 heterocycles. The molecule has 0 bridgehead atoms. The van der Waals surface area contributed by atoms with E-state index >= 15 is 0 Å². The average molecular weight is 295 g/mol. The topological polar surface area (TPSA) is 74.7 Å². The Hall–Kier alpha value is -1.69. The Morgan fingerprint density at radius 1 is 1.40 bits per heavy atom. The summed E-state index contributed by atoms with van der Waals surface area (Å²) in [4.78, 5) is 37.9. The zero-order valence-electron chi connectivity index (χ0n) is 11.7. The van der Waals surface area contributed by atoms with E-state index in [1.165, 1.54) is 17.4 Å². The van der Waals surface area contributed by atoms with Crippen LogP contribution in [-0.4, -0.2) is 22.9 Å². The van der Waals surface area contributed by atoms with Crippen LogP contribution in [0.5, 0.6) is 0 Å². The van der Waals surface area contributed by atoms with Gasteiger partial charge in [-0.05, 0) is 25.8 Å². The Labute approximate surface area is 121 Å². The van der Waals surface area contributed by atoms with E-state index in [4.69, 9.17) is 0 Å². The maximum atomic E-state index is 12.6. The van der Waals surface area contributed by atoms with Gasteiger partial charge in [-0.3, -0.25) is 9.59 Å². The second kappa shape index (κ2) is 5.01. The molecule has 0 saturated carbocycles. The van der Waals surface area contributed by atoms with Crippen molar-refractivity contribution in [2.24, 2.45) is 5.41 Å². The van der Waals surface area contributed by atoms with Crippen molar-refractivity contribution in [2.75, 3.05) is 4.90 Å². The van der Waals surface area contributed by atoms with Gasteiger partial charge in [-0.25, -0.2) is 9.69 Å². The molecular formula is C14H17NO4S. The monoisotopic (exact) mass is 295 g/mol. The summed E-state index contributed by atoms with van der Waals surface area (Å²) in [5.41, 5.74) is -0.651.